The van der Waals surface area contributed by atoms with Crippen LogP contribution in [0.3, 0.4) is 0 Å². The zero-order valence-corrected chi connectivity index (χ0v) is 12.6. The van der Waals surface area contributed by atoms with Crippen molar-refractivity contribution in [3.63, 3.8) is 0 Å². The van der Waals surface area contributed by atoms with Gasteiger partial charge in [0.15, 0.2) is 0 Å². The average molecular weight is 321 g/mol. The van der Waals surface area contributed by atoms with E-state index < -0.39 is 23.1 Å². The van der Waals surface area contributed by atoms with Gasteiger partial charge in [0.1, 0.15) is 17.3 Å². The molecule has 0 saturated heterocycles. The van der Waals surface area contributed by atoms with E-state index in [9.17, 15) is 18.4 Å². The molecule has 0 fully saturated rings. The first-order chi connectivity index (χ1) is 11.0. The Balaban J connectivity index is 1.97. The molecule has 23 heavy (non-hydrogen) atoms. The van der Waals surface area contributed by atoms with Crippen LogP contribution in [0.25, 0.3) is 0 Å². The third-order valence-corrected chi connectivity index (χ3v) is 3.55. The van der Waals surface area contributed by atoms with Gasteiger partial charge in [-0.3, -0.25) is 14.6 Å². The number of halogens is 2. The van der Waals surface area contributed by atoms with E-state index in [0.717, 1.165) is 12.3 Å². The van der Waals surface area contributed by atoms with Gasteiger partial charge in [0.05, 0.1) is 12.4 Å². The third-order valence-electron chi connectivity index (χ3n) is 3.55. The van der Waals surface area contributed by atoms with Gasteiger partial charge in [-0.05, 0) is 24.0 Å². The SMILES string of the molecule is CCC(CNC(=O)c1cncc(=O)[nH]1)Cc1ccc(F)cc1F. The average Bonchev–Trinajstić information content (AvgIpc) is 2.53. The second-order valence-corrected chi connectivity index (χ2v) is 5.23. The maximum Gasteiger partial charge on any atom is 0.269 e. The summed E-state index contributed by atoms with van der Waals surface area (Å²) < 4.78 is 26.6. The van der Waals surface area contributed by atoms with Crippen molar-refractivity contribution in [3.05, 3.63) is 63.8 Å². The molecule has 2 N–H and O–H groups in total. The smallest absolute Gasteiger partial charge is 0.269 e. The molecule has 0 bridgehead atoms. The largest absolute Gasteiger partial charge is 0.350 e. The fourth-order valence-electron chi connectivity index (χ4n) is 2.18. The van der Waals surface area contributed by atoms with Gasteiger partial charge in [-0.1, -0.05) is 19.4 Å². The Hall–Kier alpha value is -2.57. The van der Waals surface area contributed by atoms with E-state index in [2.05, 4.69) is 15.3 Å². The van der Waals surface area contributed by atoms with E-state index in [1.165, 1.54) is 18.3 Å². The Labute approximate surface area is 131 Å². The van der Waals surface area contributed by atoms with Gasteiger partial charge in [-0.15, -0.1) is 0 Å². The van der Waals surface area contributed by atoms with Crippen molar-refractivity contribution in [2.45, 2.75) is 19.8 Å². The van der Waals surface area contributed by atoms with Crippen molar-refractivity contribution < 1.29 is 13.6 Å². The van der Waals surface area contributed by atoms with E-state index in [1.807, 2.05) is 6.92 Å². The Morgan fingerprint density at radius 2 is 2.13 bits per heavy atom. The molecule has 0 radical (unpaired) electrons. The maximum atomic E-state index is 13.7. The van der Waals surface area contributed by atoms with Crippen LogP contribution in [0.5, 0.6) is 0 Å². The maximum absolute atomic E-state index is 13.7. The second kappa shape index (κ2) is 7.62. The summed E-state index contributed by atoms with van der Waals surface area (Å²) in [5.74, 6) is -1.67. The van der Waals surface area contributed by atoms with Gasteiger partial charge in [-0.25, -0.2) is 8.78 Å². The molecule has 5 nitrogen and oxygen atoms in total. The summed E-state index contributed by atoms with van der Waals surface area (Å²) in [4.78, 5) is 29.1. The summed E-state index contributed by atoms with van der Waals surface area (Å²) in [6.07, 6.45) is 3.42. The van der Waals surface area contributed by atoms with Gasteiger partial charge >= 0.3 is 0 Å². The van der Waals surface area contributed by atoms with Gasteiger partial charge in [0.2, 0.25) is 0 Å². The molecule has 0 aliphatic rings. The number of nitrogens with zero attached hydrogens (tertiary/aromatic N) is 1. The lowest BCUT2D eigenvalue weighted by molar-refractivity contribution is 0.0941. The Morgan fingerprint density at radius 1 is 1.35 bits per heavy atom. The van der Waals surface area contributed by atoms with Crippen LogP contribution in [0.2, 0.25) is 0 Å². The van der Waals surface area contributed by atoms with Crippen LogP contribution >= 0.6 is 0 Å². The van der Waals surface area contributed by atoms with Crippen LogP contribution in [-0.2, 0) is 6.42 Å². The van der Waals surface area contributed by atoms with Gasteiger partial charge in [0, 0.05) is 12.6 Å². The van der Waals surface area contributed by atoms with Crippen LogP contribution < -0.4 is 10.9 Å². The van der Waals surface area contributed by atoms with Gasteiger partial charge in [0.25, 0.3) is 11.5 Å². The van der Waals surface area contributed by atoms with Crippen molar-refractivity contribution in [2.24, 2.45) is 5.92 Å². The van der Waals surface area contributed by atoms with E-state index in [4.69, 9.17) is 0 Å². The molecule has 0 aliphatic heterocycles. The molecular weight excluding hydrogens is 304 g/mol. The molecule has 0 aliphatic carbocycles. The highest BCUT2D eigenvalue weighted by molar-refractivity contribution is 5.91. The fraction of sp³-hybridized carbons (Fsp3) is 0.312. The first kappa shape index (κ1) is 16.8. The Kier molecular flexibility index (Phi) is 5.56. The summed E-state index contributed by atoms with van der Waals surface area (Å²) in [5.41, 5.74) is 0.0145. The number of carbonyl (C=O) groups excluding carboxylic acids is 1. The molecular formula is C16H17F2N3O2. The molecule has 1 atom stereocenters. The standard InChI is InChI=1S/C16H17F2N3O2/c1-2-10(5-11-3-4-12(17)6-13(11)18)7-20-16(23)14-8-19-9-15(22)21-14/h3-4,6,8-10H,2,5,7H2,1H3,(H,20,23)(H,21,22). The highest BCUT2D eigenvalue weighted by Crippen LogP contribution is 2.16. The van der Waals surface area contributed by atoms with E-state index in [0.29, 0.717) is 24.9 Å². The van der Waals surface area contributed by atoms with Crippen molar-refractivity contribution in [3.8, 4) is 0 Å². The van der Waals surface area contributed by atoms with Crippen molar-refractivity contribution in [2.75, 3.05) is 6.54 Å². The molecule has 2 rings (SSSR count). The lowest BCUT2D eigenvalue weighted by Crippen LogP contribution is -2.31. The number of aromatic amines is 1. The molecule has 1 unspecified atom stereocenters. The van der Waals surface area contributed by atoms with Gasteiger partial charge in [-0.2, -0.15) is 0 Å². The van der Waals surface area contributed by atoms with Crippen LogP contribution in [0.4, 0.5) is 8.78 Å². The number of nitrogens with one attached hydrogen (secondary N) is 2. The van der Waals surface area contributed by atoms with Crippen LogP contribution in [0, 0.1) is 17.6 Å². The van der Waals surface area contributed by atoms with Crippen molar-refractivity contribution >= 4 is 5.91 Å². The molecule has 0 spiro atoms. The summed E-state index contributed by atoms with van der Waals surface area (Å²) in [6, 6.07) is 3.47. The van der Waals surface area contributed by atoms with E-state index in [1.54, 1.807) is 0 Å². The molecule has 1 aromatic heterocycles. The monoisotopic (exact) mass is 321 g/mol. The quantitative estimate of drug-likeness (QED) is 0.855. The van der Waals surface area contributed by atoms with Crippen LogP contribution in [0.1, 0.15) is 29.4 Å². The fourth-order valence-corrected chi connectivity index (χ4v) is 2.18. The molecule has 7 heteroatoms. The molecule has 0 saturated carbocycles. The number of hydrogen-bond donors (Lipinski definition) is 2. The lowest BCUT2D eigenvalue weighted by Gasteiger charge is -2.16. The molecule has 2 aromatic rings. The number of aromatic nitrogens is 2. The van der Waals surface area contributed by atoms with E-state index >= 15 is 0 Å². The molecule has 122 valence electrons. The third kappa shape index (κ3) is 4.70. The first-order valence-electron chi connectivity index (χ1n) is 7.26. The predicted molar refractivity (Wildman–Crippen MR) is 81.0 cm³/mol. The second-order valence-electron chi connectivity index (χ2n) is 5.23. The predicted octanol–water partition coefficient (Wildman–Crippen LogP) is 2.05. The molecule has 1 heterocycles. The first-order valence-corrected chi connectivity index (χ1v) is 7.26. The number of carbonyl (C=O) groups is 1. The minimum atomic E-state index is -0.617. The summed E-state index contributed by atoms with van der Waals surface area (Å²) >= 11 is 0. The van der Waals surface area contributed by atoms with Gasteiger partial charge < -0.3 is 10.3 Å². The number of rotatable bonds is 6. The number of hydrogen-bond acceptors (Lipinski definition) is 3. The van der Waals surface area contributed by atoms with Crippen LogP contribution in [0.15, 0.2) is 35.4 Å². The Morgan fingerprint density at radius 3 is 2.78 bits per heavy atom. The van der Waals surface area contributed by atoms with Crippen molar-refractivity contribution in [1.29, 1.82) is 0 Å². The zero-order valence-electron chi connectivity index (χ0n) is 12.6. The summed E-state index contributed by atoms with van der Waals surface area (Å²) in [7, 11) is 0. The van der Waals surface area contributed by atoms with Crippen molar-refractivity contribution in [1.82, 2.24) is 15.3 Å². The number of amides is 1. The van der Waals surface area contributed by atoms with Crippen LogP contribution in [-0.4, -0.2) is 22.4 Å². The normalized spacial score (nSPS) is 12.0. The summed E-state index contributed by atoms with van der Waals surface area (Å²) in [5, 5.41) is 2.68. The highest BCUT2D eigenvalue weighted by Gasteiger charge is 2.14. The topological polar surface area (TPSA) is 74.8 Å². The minimum Gasteiger partial charge on any atom is -0.350 e. The zero-order chi connectivity index (χ0) is 16.8. The molecule has 1 aromatic carbocycles. The number of H-pyrrole nitrogens is 1. The Bertz CT molecular complexity index is 746. The lowest BCUT2D eigenvalue weighted by atomic mass is 9.96. The highest BCUT2D eigenvalue weighted by atomic mass is 19.1. The molecule has 1 amide bonds. The number of benzene rings is 1. The van der Waals surface area contributed by atoms with E-state index in [-0.39, 0.29) is 11.6 Å². The summed E-state index contributed by atoms with van der Waals surface area (Å²) in [6.45, 7) is 2.23. The minimum absolute atomic E-state index is 0.0118.